The third-order valence-corrected chi connectivity index (χ3v) is 3.19. The molecule has 0 radical (unpaired) electrons. The number of carbonyl (C=O) groups is 1. The summed E-state index contributed by atoms with van der Waals surface area (Å²) in [5.74, 6) is -0.246. The first-order valence-electron chi connectivity index (χ1n) is 6.14. The van der Waals surface area contributed by atoms with E-state index < -0.39 is 5.41 Å². The van der Waals surface area contributed by atoms with Crippen LogP contribution in [0.25, 0.3) is 0 Å². The molecule has 1 rings (SSSR count). The first-order valence-corrected chi connectivity index (χ1v) is 6.14. The number of benzene rings is 1. The van der Waals surface area contributed by atoms with Crippen LogP contribution in [-0.2, 0) is 4.79 Å². The maximum absolute atomic E-state index is 13.9. The van der Waals surface area contributed by atoms with E-state index in [0.29, 0.717) is 17.9 Å². The molecule has 0 spiro atoms. The fraction of sp³-hybridized carbons (Fsp3) is 0.500. The molecule has 0 aromatic heterocycles. The fourth-order valence-corrected chi connectivity index (χ4v) is 1.59. The summed E-state index contributed by atoms with van der Waals surface area (Å²) in [5, 5.41) is 3.12. The van der Waals surface area contributed by atoms with Crippen molar-refractivity contribution in [2.75, 3.05) is 13.7 Å². The van der Waals surface area contributed by atoms with Crippen molar-refractivity contribution in [2.45, 2.75) is 26.8 Å². The molecular weight excluding hydrogens is 247 g/mol. The van der Waals surface area contributed by atoms with Crippen molar-refractivity contribution in [3.63, 3.8) is 0 Å². The maximum atomic E-state index is 13.9. The Balaban J connectivity index is 2.74. The number of carbonyl (C=O) groups excluding carboxylic acids is 1. The van der Waals surface area contributed by atoms with Gasteiger partial charge in [-0.05, 0) is 26.8 Å². The second-order valence-electron chi connectivity index (χ2n) is 5.24. The SMILES string of the molecule is COc1ccc(C(C)NCC(C)(C)C(N)=O)c(F)c1. The van der Waals surface area contributed by atoms with Crippen LogP contribution in [-0.4, -0.2) is 19.6 Å². The van der Waals surface area contributed by atoms with Crippen molar-refractivity contribution in [3.8, 4) is 5.75 Å². The van der Waals surface area contributed by atoms with Crippen molar-refractivity contribution in [1.29, 1.82) is 0 Å². The van der Waals surface area contributed by atoms with Crippen LogP contribution in [0.5, 0.6) is 5.75 Å². The third kappa shape index (κ3) is 3.92. The summed E-state index contributed by atoms with van der Waals surface area (Å²) >= 11 is 0. The van der Waals surface area contributed by atoms with E-state index in [0.717, 1.165) is 0 Å². The second kappa shape index (κ2) is 6.02. The average Bonchev–Trinajstić information content (AvgIpc) is 2.35. The quantitative estimate of drug-likeness (QED) is 0.829. The zero-order valence-electron chi connectivity index (χ0n) is 11.8. The summed E-state index contributed by atoms with van der Waals surface area (Å²) in [5.41, 5.74) is 5.15. The summed E-state index contributed by atoms with van der Waals surface area (Å²) in [6.45, 7) is 5.72. The Labute approximate surface area is 113 Å². The van der Waals surface area contributed by atoms with Gasteiger partial charge in [-0.25, -0.2) is 4.39 Å². The van der Waals surface area contributed by atoms with E-state index in [9.17, 15) is 9.18 Å². The van der Waals surface area contributed by atoms with Gasteiger partial charge in [-0.2, -0.15) is 0 Å². The number of methoxy groups -OCH3 is 1. The van der Waals surface area contributed by atoms with Crippen LogP contribution in [0, 0.1) is 11.2 Å². The molecule has 0 bridgehead atoms. The highest BCUT2D eigenvalue weighted by atomic mass is 19.1. The van der Waals surface area contributed by atoms with E-state index in [1.165, 1.54) is 13.2 Å². The zero-order chi connectivity index (χ0) is 14.6. The lowest BCUT2D eigenvalue weighted by molar-refractivity contribution is -0.125. The number of hydrogen-bond donors (Lipinski definition) is 2. The number of halogens is 1. The monoisotopic (exact) mass is 268 g/mol. The Morgan fingerprint density at radius 1 is 1.53 bits per heavy atom. The van der Waals surface area contributed by atoms with Crippen LogP contribution in [0.4, 0.5) is 4.39 Å². The lowest BCUT2D eigenvalue weighted by atomic mass is 9.92. The summed E-state index contributed by atoms with van der Waals surface area (Å²) in [6.07, 6.45) is 0. The average molecular weight is 268 g/mol. The lowest BCUT2D eigenvalue weighted by Gasteiger charge is -2.24. The number of ether oxygens (including phenoxy) is 1. The van der Waals surface area contributed by atoms with Gasteiger partial charge in [0.05, 0.1) is 12.5 Å². The van der Waals surface area contributed by atoms with Gasteiger partial charge in [-0.3, -0.25) is 4.79 Å². The van der Waals surface area contributed by atoms with Crippen LogP contribution < -0.4 is 15.8 Å². The van der Waals surface area contributed by atoms with Crippen molar-refractivity contribution >= 4 is 5.91 Å². The van der Waals surface area contributed by atoms with Crippen LogP contribution in [0.3, 0.4) is 0 Å². The van der Waals surface area contributed by atoms with E-state index in [2.05, 4.69) is 5.32 Å². The first-order chi connectivity index (χ1) is 8.77. The van der Waals surface area contributed by atoms with Gasteiger partial charge in [0.1, 0.15) is 11.6 Å². The largest absolute Gasteiger partial charge is 0.497 e. The van der Waals surface area contributed by atoms with E-state index in [-0.39, 0.29) is 17.8 Å². The summed E-state index contributed by atoms with van der Waals surface area (Å²) < 4.78 is 18.8. The minimum absolute atomic E-state index is 0.218. The Kier molecular flexibility index (Phi) is 4.89. The van der Waals surface area contributed by atoms with Gasteiger partial charge in [0.25, 0.3) is 0 Å². The molecule has 5 heteroatoms. The molecule has 0 aliphatic heterocycles. The minimum Gasteiger partial charge on any atom is -0.497 e. The van der Waals surface area contributed by atoms with E-state index in [1.54, 1.807) is 26.0 Å². The van der Waals surface area contributed by atoms with Gasteiger partial charge in [-0.15, -0.1) is 0 Å². The van der Waals surface area contributed by atoms with Crippen molar-refractivity contribution < 1.29 is 13.9 Å². The van der Waals surface area contributed by atoms with E-state index in [1.807, 2.05) is 6.92 Å². The highest BCUT2D eigenvalue weighted by molar-refractivity contribution is 5.80. The van der Waals surface area contributed by atoms with Crippen LogP contribution in [0.1, 0.15) is 32.4 Å². The predicted octanol–water partition coefficient (Wildman–Crippen LogP) is 2.00. The topological polar surface area (TPSA) is 64.3 Å². The van der Waals surface area contributed by atoms with Gasteiger partial charge in [0.2, 0.25) is 5.91 Å². The number of nitrogens with one attached hydrogen (secondary N) is 1. The van der Waals surface area contributed by atoms with Crippen LogP contribution in [0.2, 0.25) is 0 Å². The smallest absolute Gasteiger partial charge is 0.224 e. The predicted molar refractivity (Wildman–Crippen MR) is 72.3 cm³/mol. The Morgan fingerprint density at radius 3 is 2.63 bits per heavy atom. The molecule has 0 saturated heterocycles. The molecule has 4 nitrogen and oxygen atoms in total. The van der Waals surface area contributed by atoms with Crippen molar-refractivity contribution in [1.82, 2.24) is 5.32 Å². The van der Waals surface area contributed by atoms with Gasteiger partial charge in [0, 0.05) is 24.2 Å². The van der Waals surface area contributed by atoms with Crippen molar-refractivity contribution in [3.05, 3.63) is 29.6 Å². The molecule has 0 fully saturated rings. The molecule has 1 amide bonds. The van der Waals surface area contributed by atoms with E-state index >= 15 is 0 Å². The zero-order valence-corrected chi connectivity index (χ0v) is 11.8. The number of primary amides is 1. The molecule has 3 N–H and O–H groups in total. The normalized spacial score (nSPS) is 13.1. The molecule has 0 heterocycles. The molecule has 0 aliphatic carbocycles. The van der Waals surface area contributed by atoms with Gasteiger partial charge >= 0.3 is 0 Å². The molecule has 0 saturated carbocycles. The highest BCUT2D eigenvalue weighted by Crippen LogP contribution is 2.22. The Bertz CT molecular complexity index is 461. The fourth-order valence-electron chi connectivity index (χ4n) is 1.59. The van der Waals surface area contributed by atoms with Crippen molar-refractivity contribution in [2.24, 2.45) is 11.1 Å². The Morgan fingerprint density at radius 2 is 2.16 bits per heavy atom. The van der Waals surface area contributed by atoms with Crippen LogP contribution in [0.15, 0.2) is 18.2 Å². The van der Waals surface area contributed by atoms with Gasteiger partial charge in [-0.1, -0.05) is 6.07 Å². The molecule has 106 valence electrons. The minimum atomic E-state index is -0.669. The molecule has 1 aromatic rings. The maximum Gasteiger partial charge on any atom is 0.224 e. The number of rotatable bonds is 6. The summed E-state index contributed by atoms with van der Waals surface area (Å²) in [4.78, 5) is 11.2. The highest BCUT2D eigenvalue weighted by Gasteiger charge is 2.25. The third-order valence-electron chi connectivity index (χ3n) is 3.19. The molecule has 1 atom stereocenters. The van der Waals surface area contributed by atoms with E-state index in [4.69, 9.17) is 10.5 Å². The molecule has 1 aromatic carbocycles. The number of amides is 1. The molecular formula is C14H21FN2O2. The number of hydrogen-bond acceptors (Lipinski definition) is 3. The number of nitrogens with two attached hydrogens (primary N) is 1. The Hall–Kier alpha value is -1.62. The summed E-state index contributed by atoms with van der Waals surface area (Å²) in [7, 11) is 1.49. The second-order valence-corrected chi connectivity index (χ2v) is 5.24. The van der Waals surface area contributed by atoms with Gasteiger partial charge in [0.15, 0.2) is 0 Å². The standard InChI is InChI=1S/C14H21FN2O2/c1-9(17-8-14(2,3)13(16)18)11-6-5-10(19-4)7-12(11)15/h5-7,9,17H,8H2,1-4H3,(H2,16,18). The van der Waals surface area contributed by atoms with Crippen LogP contribution >= 0.6 is 0 Å². The molecule has 1 unspecified atom stereocenters. The molecule has 0 aliphatic rings. The lowest BCUT2D eigenvalue weighted by Crippen LogP contribution is -2.41. The summed E-state index contributed by atoms with van der Waals surface area (Å²) in [6, 6.07) is 4.50. The first kappa shape index (κ1) is 15.4. The molecule has 19 heavy (non-hydrogen) atoms. The van der Waals surface area contributed by atoms with Gasteiger partial charge < -0.3 is 15.8 Å².